The van der Waals surface area contributed by atoms with E-state index in [1.54, 1.807) is 0 Å². The number of nitrogens with zero attached hydrogens (tertiary/aromatic N) is 1. The van der Waals surface area contributed by atoms with Crippen LogP contribution in [0, 0.1) is 10.1 Å². The van der Waals surface area contributed by atoms with E-state index in [1.165, 1.54) is 12.1 Å². The molecule has 14 heavy (non-hydrogen) atoms. The highest BCUT2D eigenvalue weighted by Crippen LogP contribution is 2.30. The van der Waals surface area contributed by atoms with E-state index in [0.29, 0.717) is 5.56 Å². The molecule has 1 aromatic carbocycles. The summed E-state index contributed by atoms with van der Waals surface area (Å²) in [5.41, 5.74) is 0.153. The van der Waals surface area contributed by atoms with Crippen molar-refractivity contribution in [2.75, 3.05) is 6.61 Å². The lowest BCUT2D eigenvalue weighted by atomic mass is 10.1. The summed E-state index contributed by atoms with van der Waals surface area (Å²) in [6.07, 6.45) is 0.145. The molecule has 1 rings (SSSR count). The lowest BCUT2D eigenvalue weighted by Gasteiger charge is -2.03. The summed E-state index contributed by atoms with van der Waals surface area (Å²) in [6, 6.07) is 2.64. The fourth-order valence-electron chi connectivity index (χ4n) is 1.11. The van der Waals surface area contributed by atoms with Crippen LogP contribution in [0.2, 0.25) is 10.0 Å². The van der Waals surface area contributed by atoms with Crippen LogP contribution in [-0.2, 0) is 6.42 Å². The molecule has 6 heteroatoms. The third kappa shape index (κ3) is 2.35. The Morgan fingerprint density at radius 3 is 2.57 bits per heavy atom. The van der Waals surface area contributed by atoms with E-state index >= 15 is 0 Å². The summed E-state index contributed by atoms with van der Waals surface area (Å²) in [7, 11) is 0. The van der Waals surface area contributed by atoms with Crippen LogP contribution in [-0.4, -0.2) is 16.6 Å². The normalized spacial score (nSPS) is 10.2. The number of benzene rings is 1. The zero-order valence-electron chi connectivity index (χ0n) is 7.04. The maximum Gasteiger partial charge on any atom is 0.275 e. The van der Waals surface area contributed by atoms with Gasteiger partial charge in [0.2, 0.25) is 0 Å². The molecule has 0 aromatic heterocycles. The number of hydrogen-bond donors (Lipinski definition) is 1. The zero-order chi connectivity index (χ0) is 10.7. The molecule has 0 fully saturated rings. The largest absolute Gasteiger partial charge is 0.396 e. The number of aliphatic hydroxyl groups excluding tert-OH is 1. The fraction of sp³-hybridized carbons (Fsp3) is 0.250. The lowest BCUT2D eigenvalue weighted by molar-refractivity contribution is -0.385. The van der Waals surface area contributed by atoms with Crippen molar-refractivity contribution in [2.24, 2.45) is 0 Å². The SMILES string of the molecule is O=[N+]([O-])c1cc(Cl)cc(Cl)c1CCO. The molecule has 0 aliphatic carbocycles. The van der Waals surface area contributed by atoms with E-state index in [-0.39, 0.29) is 28.8 Å². The molecular formula is C8H7Cl2NO3. The second-order valence-corrected chi connectivity index (χ2v) is 3.46. The topological polar surface area (TPSA) is 63.4 Å². The fourth-order valence-corrected chi connectivity index (χ4v) is 1.69. The molecule has 76 valence electrons. The van der Waals surface area contributed by atoms with Crippen molar-refractivity contribution in [2.45, 2.75) is 6.42 Å². The van der Waals surface area contributed by atoms with E-state index < -0.39 is 4.92 Å². The van der Waals surface area contributed by atoms with Crippen LogP contribution in [0.3, 0.4) is 0 Å². The van der Waals surface area contributed by atoms with E-state index in [0.717, 1.165) is 0 Å². The third-order valence-electron chi connectivity index (χ3n) is 1.70. The first kappa shape index (κ1) is 11.2. The molecule has 1 N–H and O–H groups in total. The van der Waals surface area contributed by atoms with Crippen LogP contribution in [0.4, 0.5) is 5.69 Å². The second kappa shape index (κ2) is 4.59. The molecule has 0 aliphatic heterocycles. The maximum absolute atomic E-state index is 10.6. The monoisotopic (exact) mass is 235 g/mol. The van der Waals surface area contributed by atoms with Gasteiger partial charge < -0.3 is 5.11 Å². The highest BCUT2D eigenvalue weighted by atomic mass is 35.5. The number of aliphatic hydroxyl groups is 1. The van der Waals surface area contributed by atoms with Gasteiger partial charge in [0.25, 0.3) is 5.69 Å². The molecule has 0 spiro atoms. The Morgan fingerprint density at radius 1 is 1.43 bits per heavy atom. The quantitative estimate of drug-likeness (QED) is 0.647. The summed E-state index contributed by atoms with van der Waals surface area (Å²) >= 11 is 11.4. The van der Waals surface area contributed by atoms with E-state index in [9.17, 15) is 10.1 Å². The Labute approximate surface area is 90.2 Å². The summed E-state index contributed by atoms with van der Waals surface area (Å²) in [4.78, 5) is 10.0. The van der Waals surface area contributed by atoms with Crippen LogP contribution in [0.5, 0.6) is 0 Å². The first-order valence-electron chi connectivity index (χ1n) is 3.79. The molecule has 0 saturated carbocycles. The van der Waals surface area contributed by atoms with E-state index in [1.807, 2.05) is 0 Å². The average Bonchev–Trinajstić information content (AvgIpc) is 2.09. The van der Waals surface area contributed by atoms with Crippen molar-refractivity contribution in [1.29, 1.82) is 0 Å². The molecule has 4 nitrogen and oxygen atoms in total. The molecule has 0 unspecified atom stereocenters. The van der Waals surface area contributed by atoms with Crippen LogP contribution in [0.25, 0.3) is 0 Å². The number of hydrogen-bond acceptors (Lipinski definition) is 3. The van der Waals surface area contributed by atoms with Gasteiger partial charge in [0.05, 0.1) is 15.5 Å². The van der Waals surface area contributed by atoms with Gasteiger partial charge in [-0.25, -0.2) is 0 Å². The van der Waals surface area contributed by atoms with Gasteiger partial charge in [-0.15, -0.1) is 0 Å². The summed E-state index contributed by atoms with van der Waals surface area (Å²) < 4.78 is 0. The second-order valence-electron chi connectivity index (χ2n) is 2.62. The molecule has 0 amide bonds. The van der Waals surface area contributed by atoms with E-state index in [2.05, 4.69) is 0 Å². The lowest BCUT2D eigenvalue weighted by Crippen LogP contribution is -1.99. The number of rotatable bonds is 3. The van der Waals surface area contributed by atoms with Crippen molar-refractivity contribution in [3.05, 3.63) is 37.9 Å². The summed E-state index contributed by atoms with van der Waals surface area (Å²) in [5, 5.41) is 19.7. The van der Waals surface area contributed by atoms with Gasteiger partial charge in [0, 0.05) is 24.1 Å². The summed E-state index contributed by atoms with van der Waals surface area (Å²) in [5.74, 6) is 0. The Hall–Kier alpha value is -0.840. The Kier molecular flexibility index (Phi) is 3.69. The highest BCUT2D eigenvalue weighted by Gasteiger charge is 2.17. The van der Waals surface area contributed by atoms with E-state index in [4.69, 9.17) is 28.3 Å². The first-order chi connectivity index (χ1) is 6.56. The minimum absolute atomic E-state index is 0.145. The van der Waals surface area contributed by atoms with Crippen LogP contribution >= 0.6 is 23.2 Å². The molecule has 0 atom stereocenters. The third-order valence-corrected chi connectivity index (χ3v) is 2.25. The van der Waals surface area contributed by atoms with Gasteiger partial charge in [-0.2, -0.15) is 0 Å². The standard InChI is InChI=1S/C8H7Cl2NO3/c9-5-3-7(10)6(1-2-12)8(4-5)11(13)14/h3-4,12H,1-2H2. The minimum Gasteiger partial charge on any atom is -0.396 e. The molecule has 0 bridgehead atoms. The molecular weight excluding hydrogens is 229 g/mol. The van der Waals surface area contributed by atoms with Crippen molar-refractivity contribution in [3.8, 4) is 0 Å². The van der Waals surface area contributed by atoms with Gasteiger partial charge in [-0.05, 0) is 6.07 Å². The smallest absolute Gasteiger partial charge is 0.275 e. The predicted octanol–water partition coefficient (Wildman–Crippen LogP) is 2.44. The molecule has 0 heterocycles. The zero-order valence-corrected chi connectivity index (χ0v) is 8.55. The Balaban J connectivity index is 3.28. The Bertz CT molecular complexity index is 368. The number of nitro groups is 1. The molecule has 1 aromatic rings. The first-order valence-corrected chi connectivity index (χ1v) is 4.55. The van der Waals surface area contributed by atoms with Gasteiger partial charge in [-0.3, -0.25) is 10.1 Å². The van der Waals surface area contributed by atoms with Crippen LogP contribution in [0.15, 0.2) is 12.1 Å². The van der Waals surface area contributed by atoms with Gasteiger partial charge in [-0.1, -0.05) is 23.2 Å². The van der Waals surface area contributed by atoms with Crippen molar-refractivity contribution in [3.63, 3.8) is 0 Å². The van der Waals surface area contributed by atoms with Crippen molar-refractivity contribution in [1.82, 2.24) is 0 Å². The van der Waals surface area contributed by atoms with Gasteiger partial charge >= 0.3 is 0 Å². The summed E-state index contributed by atoms with van der Waals surface area (Å²) in [6.45, 7) is -0.192. The van der Waals surface area contributed by atoms with Crippen molar-refractivity contribution < 1.29 is 10.0 Å². The van der Waals surface area contributed by atoms with Gasteiger partial charge in [0.15, 0.2) is 0 Å². The van der Waals surface area contributed by atoms with Gasteiger partial charge in [0.1, 0.15) is 0 Å². The van der Waals surface area contributed by atoms with Crippen molar-refractivity contribution >= 4 is 28.9 Å². The molecule has 0 saturated heterocycles. The predicted molar refractivity (Wildman–Crippen MR) is 53.9 cm³/mol. The Morgan fingerprint density at radius 2 is 2.07 bits per heavy atom. The maximum atomic E-state index is 10.6. The van der Waals surface area contributed by atoms with Crippen LogP contribution in [0.1, 0.15) is 5.56 Å². The average molecular weight is 236 g/mol. The van der Waals surface area contributed by atoms with Crippen LogP contribution < -0.4 is 0 Å². The number of nitro benzene ring substituents is 1. The number of halogens is 2. The minimum atomic E-state index is -0.567. The highest BCUT2D eigenvalue weighted by molar-refractivity contribution is 6.35. The molecule has 0 radical (unpaired) electrons. The molecule has 0 aliphatic rings.